The standard InChI is InChI=1S/C16H15N5O3S/c1-8-4-10-12(17)7-25(23,24)14(10)5-9(8)16(22)20-13-2-3-18-15-11(13)6-19-21-15/h2-6,12H,7,17H2,1H3,(H2,18,19,20,21,22)/t12-/m1/s1. The summed E-state index contributed by atoms with van der Waals surface area (Å²) in [5, 5.41) is 10.1. The van der Waals surface area contributed by atoms with E-state index >= 15 is 0 Å². The van der Waals surface area contributed by atoms with Gasteiger partial charge in [0.1, 0.15) is 0 Å². The van der Waals surface area contributed by atoms with Gasteiger partial charge in [-0.05, 0) is 30.2 Å². The van der Waals surface area contributed by atoms with Gasteiger partial charge in [0, 0.05) is 17.8 Å². The van der Waals surface area contributed by atoms with Crippen LogP contribution in [0.25, 0.3) is 11.0 Å². The number of aromatic nitrogens is 3. The number of aryl methyl sites for hydroxylation is 1. The molecule has 3 aromatic rings. The van der Waals surface area contributed by atoms with E-state index in [1.807, 2.05) is 0 Å². The fraction of sp³-hybridized carbons (Fsp3) is 0.188. The van der Waals surface area contributed by atoms with Crippen LogP contribution in [0.5, 0.6) is 0 Å². The van der Waals surface area contributed by atoms with Gasteiger partial charge in [-0.25, -0.2) is 13.4 Å². The molecule has 1 atom stereocenters. The van der Waals surface area contributed by atoms with Gasteiger partial charge >= 0.3 is 0 Å². The summed E-state index contributed by atoms with van der Waals surface area (Å²) < 4.78 is 24.4. The summed E-state index contributed by atoms with van der Waals surface area (Å²) >= 11 is 0. The Kier molecular flexibility index (Phi) is 3.37. The van der Waals surface area contributed by atoms with E-state index in [0.717, 1.165) is 0 Å². The van der Waals surface area contributed by atoms with Crippen LogP contribution in [-0.2, 0) is 9.84 Å². The minimum absolute atomic E-state index is 0.132. The van der Waals surface area contributed by atoms with E-state index in [2.05, 4.69) is 20.5 Å². The maximum absolute atomic E-state index is 12.7. The van der Waals surface area contributed by atoms with Crippen molar-refractivity contribution in [3.63, 3.8) is 0 Å². The summed E-state index contributed by atoms with van der Waals surface area (Å²) in [6.45, 7) is 1.76. The number of H-pyrrole nitrogens is 1. The monoisotopic (exact) mass is 357 g/mol. The van der Waals surface area contributed by atoms with Crippen LogP contribution in [0.2, 0.25) is 0 Å². The van der Waals surface area contributed by atoms with E-state index in [-0.39, 0.29) is 10.6 Å². The minimum atomic E-state index is -3.46. The van der Waals surface area contributed by atoms with E-state index in [0.29, 0.717) is 33.4 Å². The van der Waals surface area contributed by atoms with Crippen molar-refractivity contribution in [1.29, 1.82) is 0 Å². The number of fused-ring (bicyclic) bond motifs is 2. The molecule has 0 spiro atoms. The lowest BCUT2D eigenvalue weighted by molar-refractivity contribution is 0.102. The number of hydrogen-bond acceptors (Lipinski definition) is 6. The average Bonchev–Trinajstić information content (AvgIpc) is 3.10. The van der Waals surface area contributed by atoms with Crippen molar-refractivity contribution in [3.8, 4) is 0 Å². The molecule has 0 bridgehead atoms. The van der Waals surface area contributed by atoms with Crippen molar-refractivity contribution < 1.29 is 13.2 Å². The number of hydrogen-bond donors (Lipinski definition) is 3. The lowest BCUT2D eigenvalue weighted by Gasteiger charge is -2.11. The number of carbonyl (C=O) groups excluding carboxylic acids is 1. The van der Waals surface area contributed by atoms with E-state index in [1.165, 1.54) is 6.07 Å². The zero-order valence-corrected chi connectivity index (χ0v) is 14.1. The molecule has 0 radical (unpaired) electrons. The number of pyridine rings is 1. The third-order valence-electron chi connectivity index (χ3n) is 4.34. The van der Waals surface area contributed by atoms with Crippen LogP contribution in [0.15, 0.2) is 35.5 Å². The summed E-state index contributed by atoms with van der Waals surface area (Å²) in [7, 11) is -3.46. The maximum Gasteiger partial charge on any atom is 0.255 e. The zero-order valence-electron chi connectivity index (χ0n) is 13.3. The number of sulfone groups is 1. The van der Waals surface area contributed by atoms with Crippen LogP contribution in [0, 0.1) is 6.92 Å². The molecule has 128 valence electrons. The predicted octanol–water partition coefficient (Wildman–Crippen LogP) is 1.31. The minimum Gasteiger partial charge on any atom is -0.323 e. The Morgan fingerprint density at radius 2 is 2.20 bits per heavy atom. The topological polar surface area (TPSA) is 131 Å². The summed E-state index contributed by atoms with van der Waals surface area (Å²) in [6.07, 6.45) is 3.12. The molecule has 0 aliphatic carbocycles. The first kappa shape index (κ1) is 15.7. The lowest BCUT2D eigenvalue weighted by atomic mass is 10.0. The molecule has 9 heteroatoms. The van der Waals surface area contributed by atoms with Crippen LogP contribution in [0.4, 0.5) is 5.69 Å². The van der Waals surface area contributed by atoms with Gasteiger partial charge in [-0.1, -0.05) is 6.07 Å². The largest absolute Gasteiger partial charge is 0.323 e. The first-order chi connectivity index (χ1) is 11.9. The van der Waals surface area contributed by atoms with Gasteiger partial charge in [0.2, 0.25) is 0 Å². The van der Waals surface area contributed by atoms with Crippen LogP contribution < -0.4 is 11.1 Å². The number of nitrogens with two attached hydrogens (primary N) is 1. The van der Waals surface area contributed by atoms with Gasteiger partial charge in [0.25, 0.3) is 5.91 Å². The number of carbonyl (C=O) groups is 1. The first-order valence-electron chi connectivity index (χ1n) is 7.59. The molecule has 4 N–H and O–H groups in total. The Morgan fingerprint density at radius 1 is 1.40 bits per heavy atom. The van der Waals surface area contributed by atoms with Gasteiger partial charge in [-0.2, -0.15) is 5.10 Å². The van der Waals surface area contributed by atoms with Crippen LogP contribution in [-0.4, -0.2) is 35.3 Å². The second-order valence-corrected chi connectivity index (χ2v) is 8.04. The number of amides is 1. The van der Waals surface area contributed by atoms with Crippen molar-refractivity contribution in [2.75, 3.05) is 11.1 Å². The molecule has 8 nitrogen and oxygen atoms in total. The number of nitrogens with zero attached hydrogens (tertiary/aromatic N) is 2. The van der Waals surface area contributed by atoms with Crippen LogP contribution in [0.1, 0.15) is 27.5 Å². The predicted molar refractivity (Wildman–Crippen MR) is 92.0 cm³/mol. The molecule has 3 heterocycles. The van der Waals surface area contributed by atoms with Crippen molar-refractivity contribution in [3.05, 3.63) is 47.3 Å². The first-order valence-corrected chi connectivity index (χ1v) is 9.24. The molecule has 1 aliphatic heterocycles. The fourth-order valence-electron chi connectivity index (χ4n) is 3.08. The number of benzene rings is 1. The lowest BCUT2D eigenvalue weighted by Crippen LogP contribution is -2.15. The van der Waals surface area contributed by atoms with Crippen LogP contribution >= 0.6 is 0 Å². The highest BCUT2D eigenvalue weighted by Gasteiger charge is 2.34. The third-order valence-corrected chi connectivity index (χ3v) is 6.16. The van der Waals surface area contributed by atoms with Crippen molar-refractivity contribution >= 4 is 32.5 Å². The van der Waals surface area contributed by atoms with Gasteiger partial charge in [0.15, 0.2) is 15.5 Å². The molecular weight excluding hydrogens is 342 g/mol. The Hall–Kier alpha value is -2.78. The maximum atomic E-state index is 12.7. The molecule has 0 unspecified atom stereocenters. The molecule has 1 aliphatic rings. The van der Waals surface area contributed by atoms with Gasteiger partial charge in [-0.15, -0.1) is 0 Å². The number of aromatic amines is 1. The number of nitrogens with one attached hydrogen (secondary N) is 2. The Bertz CT molecular complexity index is 1120. The smallest absolute Gasteiger partial charge is 0.255 e. The summed E-state index contributed by atoms with van der Waals surface area (Å²) in [4.78, 5) is 17.0. The van der Waals surface area contributed by atoms with Crippen molar-refractivity contribution in [2.45, 2.75) is 17.9 Å². The summed E-state index contributed by atoms with van der Waals surface area (Å²) in [5.41, 5.74) is 8.52. The summed E-state index contributed by atoms with van der Waals surface area (Å²) in [6, 6.07) is 4.20. The molecule has 0 fully saturated rings. The molecule has 2 aromatic heterocycles. The third kappa shape index (κ3) is 2.48. The van der Waals surface area contributed by atoms with Crippen LogP contribution in [0.3, 0.4) is 0 Å². The molecular formula is C16H15N5O3S. The fourth-order valence-corrected chi connectivity index (χ4v) is 4.78. The summed E-state index contributed by atoms with van der Waals surface area (Å²) in [5.74, 6) is -0.531. The SMILES string of the molecule is Cc1cc2c(cc1C(=O)Nc1ccnc3[nH]ncc13)S(=O)(=O)C[C@H]2N. The normalized spacial score (nSPS) is 18.2. The van der Waals surface area contributed by atoms with Gasteiger partial charge in [-0.3, -0.25) is 9.89 Å². The second kappa shape index (κ2) is 5.36. The van der Waals surface area contributed by atoms with Crippen molar-refractivity contribution in [1.82, 2.24) is 15.2 Å². The van der Waals surface area contributed by atoms with Crippen molar-refractivity contribution in [2.24, 2.45) is 5.73 Å². The molecule has 0 saturated carbocycles. The van der Waals surface area contributed by atoms with E-state index in [4.69, 9.17) is 5.73 Å². The van der Waals surface area contributed by atoms with E-state index < -0.39 is 21.8 Å². The highest BCUT2D eigenvalue weighted by atomic mass is 32.2. The van der Waals surface area contributed by atoms with E-state index in [9.17, 15) is 13.2 Å². The molecule has 1 aromatic carbocycles. The molecule has 1 amide bonds. The number of anilines is 1. The Labute approximate surface area is 143 Å². The highest BCUT2D eigenvalue weighted by molar-refractivity contribution is 7.91. The molecule has 25 heavy (non-hydrogen) atoms. The highest BCUT2D eigenvalue weighted by Crippen LogP contribution is 2.34. The second-order valence-electron chi connectivity index (χ2n) is 6.04. The quantitative estimate of drug-likeness (QED) is 0.634. The Balaban J connectivity index is 1.75. The zero-order chi connectivity index (χ0) is 17.8. The number of rotatable bonds is 2. The molecule has 0 saturated heterocycles. The van der Waals surface area contributed by atoms with E-state index in [1.54, 1.807) is 31.5 Å². The Morgan fingerprint density at radius 3 is 3.00 bits per heavy atom. The van der Waals surface area contributed by atoms with Gasteiger partial charge in [0.05, 0.1) is 27.9 Å². The average molecular weight is 357 g/mol. The molecule has 4 rings (SSSR count). The van der Waals surface area contributed by atoms with Gasteiger partial charge < -0.3 is 11.1 Å².